The maximum Gasteiger partial charge on any atom is 0.519 e. The van der Waals surface area contributed by atoms with Gasteiger partial charge in [-0.3, -0.25) is 0 Å². The van der Waals surface area contributed by atoms with E-state index in [1.807, 2.05) is 0 Å². The van der Waals surface area contributed by atoms with E-state index < -0.39 is 12.1 Å². The average molecular weight is 272 g/mol. The zero-order chi connectivity index (χ0) is 14.4. The Bertz CT molecular complexity index is 607. The van der Waals surface area contributed by atoms with Crippen molar-refractivity contribution in [3.63, 3.8) is 0 Å². The minimum Gasteiger partial charge on any atom is -0.465 e. The molecule has 0 amide bonds. The Balaban J connectivity index is 2.10. The Morgan fingerprint density at radius 2 is 1.50 bits per heavy atom. The molecule has 0 spiro atoms. The number of rotatable bonds is 3. The third-order valence-corrected chi connectivity index (χ3v) is 2.43. The molecule has 0 fully saturated rings. The summed E-state index contributed by atoms with van der Waals surface area (Å²) in [7, 11) is 1.25. The molecule has 0 N–H and O–H groups in total. The second-order valence-electron chi connectivity index (χ2n) is 3.75. The first-order valence-corrected chi connectivity index (χ1v) is 5.83. The van der Waals surface area contributed by atoms with E-state index in [4.69, 9.17) is 9.47 Å². The van der Waals surface area contributed by atoms with Crippen molar-refractivity contribution in [1.29, 1.82) is 0 Å². The van der Waals surface area contributed by atoms with Gasteiger partial charge in [-0.15, -0.1) is 0 Å². The van der Waals surface area contributed by atoms with Gasteiger partial charge in [-0.25, -0.2) is 9.59 Å². The van der Waals surface area contributed by atoms with Crippen LogP contribution < -0.4 is 9.47 Å². The van der Waals surface area contributed by atoms with Crippen molar-refractivity contribution in [3.05, 3.63) is 60.2 Å². The van der Waals surface area contributed by atoms with Gasteiger partial charge >= 0.3 is 12.1 Å². The number of benzene rings is 2. The number of methoxy groups -OCH3 is 1. The average Bonchev–Trinajstić information content (AvgIpc) is 2.48. The molecule has 2 aromatic carbocycles. The minimum absolute atomic E-state index is 0.0836. The standard InChI is InChI=1S/C15H12O5/c1-18-14(16)12-9-5-6-10-13(12)20-15(17)19-11-7-3-2-4-8-11/h2-10H,1H3. The van der Waals surface area contributed by atoms with E-state index in [1.54, 1.807) is 42.5 Å². The van der Waals surface area contributed by atoms with Gasteiger partial charge in [-0.05, 0) is 24.3 Å². The van der Waals surface area contributed by atoms with Crippen LogP contribution in [0, 0.1) is 0 Å². The zero-order valence-electron chi connectivity index (χ0n) is 10.7. The van der Waals surface area contributed by atoms with E-state index in [0.29, 0.717) is 5.75 Å². The molecule has 2 rings (SSSR count). The van der Waals surface area contributed by atoms with Crippen LogP contribution in [-0.4, -0.2) is 19.2 Å². The molecule has 20 heavy (non-hydrogen) atoms. The van der Waals surface area contributed by atoms with E-state index in [-0.39, 0.29) is 11.3 Å². The van der Waals surface area contributed by atoms with Crippen LogP contribution in [0.1, 0.15) is 10.4 Å². The Kier molecular flexibility index (Phi) is 4.34. The summed E-state index contributed by atoms with van der Waals surface area (Å²) in [5.74, 6) is -0.151. The first kappa shape index (κ1) is 13.6. The van der Waals surface area contributed by atoms with E-state index in [0.717, 1.165) is 0 Å². The summed E-state index contributed by atoms with van der Waals surface area (Å²) >= 11 is 0. The lowest BCUT2D eigenvalue weighted by Crippen LogP contribution is -2.16. The lowest BCUT2D eigenvalue weighted by Gasteiger charge is -2.08. The molecule has 0 unspecified atom stereocenters. The Hall–Kier alpha value is -2.82. The summed E-state index contributed by atoms with van der Waals surface area (Å²) in [4.78, 5) is 23.2. The fraction of sp³-hybridized carbons (Fsp3) is 0.0667. The highest BCUT2D eigenvalue weighted by Crippen LogP contribution is 2.20. The molecule has 0 bridgehead atoms. The summed E-state index contributed by atoms with van der Waals surface area (Å²) in [5.41, 5.74) is 0.153. The SMILES string of the molecule is COC(=O)c1ccccc1OC(=O)Oc1ccccc1. The van der Waals surface area contributed by atoms with Gasteiger partial charge < -0.3 is 14.2 Å². The molecular weight excluding hydrogens is 260 g/mol. The van der Waals surface area contributed by atoms with Crippen molar-refractivity contribution in [2.75, 3.05) is 7.11 Å². The number of hydrogen-bond donors (Lipinski definition) is 0. The van der Waals surface area contributed by atoms with Gasteiger partial charge in [0.15, 0.2) is 0 Å². The second kappa shape index (κ2) is 6.38. The largest absolute Gasteiger partial charge is 0.519 e. The van der Waals surface area contributed by atoms with Crippen LogP contribution in [0.25, 0.3) is 0 Å². The predicted molar refractivity (Wildman–Crippen MR) is 70.9 cm³/mol. The maximum atomic E-state index is 11.6. The Morgan fingerprint density at radius 3 is 2.20 bits per heavy atom. The molecule has 5 heteroatoms. The first-order chi connectivity index (χ1) is 9.70. The summed E-state index contributed by atoms with van der Waals surface area (Å²) in [6.45, 7) is 0. The third-order valence-electron chi connectivity index (χ3n) is 2.43. The normalized spacial score (nSPS) is 9.65. The van der Waals surface area contributed by atoms with Crippen molar-refractivity contribution >= 4 is 12.1 Å². The van der Waals surface area contributed by atoms with Gasteiger partial charge in [0.25, 0.3) is 0 Å². The second-order valence-corrected chi connectivity index (χ2v) is 3.75. The Labute approximate surface area is 115 Å². The zero-order valence-corrected chi connectivity index (χ0v) is 10.7. The fourth-order valence-electron chi connectivity index (χ4n) is 1.53. The van der Waals surface area contributed by atoms with Gasteiger partial charge in [0.2, 0.25) is 0 Å². The van der Waals surface area contributed by atoms with Crippen LogP contribution in [0.5, 0.6) is 11.5 Å². The molecule has 0 radical (unpaired) electrons. The molecule has 0 heterocycles. The summed E-state index contributed by atoms with van der Waals surface area (Å²) in [5, 5.41) is 0. The predicted octanol–water partition coefficient (Wildman–Crippen LogP) is 3.05. The first-order valence-electron chi connectivity index (χ1n) is 5.83. The molecule has 102 valence electrons. The Morgan fingerprint density at radius 1 is 0.850 bits per heavy atom. The lowest BCUT2D eigenvalue weighted by atomic mass is 10.2. The number of carbonyl (C=O) groups excluding carboxylic acids is 2. The van der Waals surface area contributed by atoms with Crippen LogP contribution in [0.15, 0.2) is 54.6 Å². The van der Waals surface area contributed by atoms with Crippen LogP contribution in [-0.2, 0) is 4.74 Å². The summed E-state index contributed by atoms with van der Waals surface area (Å²) in [6, 6.07) is 14.7. The van der Waals surface area contributed by atoms with E-state index in [1.165, 1.54) is 19.2 Å². The summed E-state index contributed by atoms with van der Waals surface area (Å²) in [6.07, 6.45) is -0.924. The third kappa shape index (κ3) is 3.35. The van der Waals surface area contributed by atoms with Crippen molar-refractivity contribution in [2.24, 2.45) is 0 Å². The molecule has 5 nitrogen and oxygen atoms in total. The van der Waals surface area contributed by atoms with Crippen molar-refractivity contribution in [1.82, 2.24) is 0 Å². The highest BCUT2D eigenvalue weighted by molar-refractivity contribution is 5.93. The van der Waals surface area contributed by atoms with Crippen molar-refractivity contribution in [3.8, 4) is 11.5 Å². The maximum absolute atomic E-state index is 11.6. The quantitative estimate of drug-likeness (QED) is 0.634. The van der Waals surface area contributed by atoms with Gasteiger partial charge in [0.05, 0.1) is 7.11 Å². The monoisotopic (exact) mass is 272 g/mol. The minimum atomic E-state index is -0.924. The highest BCUT2D eigenvalue weighted by Gasteiger charge is 2.16. The van der Waals surface area contributed by atoms with E-state index in [9.17, 15) is 9.59 Å². The smallest absolute Gasteiger partial charge is 0.465 e. The van der Waals surface area contributed by atoms with Crippen LogP contribution in [0.2, 0.25) is 0 Å². The number of hydrogen-bond acceptors (Lipinski definition) is 5. The van der Waals surface area contributed by atoms with E-state index >= 15 is 0 Å². The molecule has 0 aliphatic carbocycles. The molecule has 0 atom stereocenters. The van der Waals surface area contributed by atoms with Crippen LogP contribution in [0.3, 0.4) is 0 Å². The topological polar surface area (TPSA) is 61.8 Å². The lowest BCUT2D eigenvalue weighted by molar-refractivity contribution is 0.0597. The fourth-order valence-corrected chi connectivity index (χ4v) is 1.53. The van der Waals surface area contributed by atoms with Crippen LogP contribution in [0.4, 0.5) is 4.79 Å². The number of carbonyl (C=O) groups is 2. The van der Waals surface area contributed by atoms with Gasteiger partial charge in [0.1, 0.15) is 17.1 Å². The van der Waals surface area contributed by atoms with Crippen molar-refractivity contribution < 1.29 is 23.8 Å². The summed E-state index contributed by atoms with van der Waals surface area (Å²) < 4.78 is 14.6. The van der Waals surface area contributed by atoms with Crippen molar-refractivity contribution in [2.45, 2.75) is 0 Å². The molecular formula is C15H12O5. The molecule has 0 aliphatic rings. The number of ether oxygens (including phenoxy) is 3. The number of para-hydroxylation sites is 2. The van der Waals surface area contributed by atoms with Gasteiger partial charge in [-0.1, -0.05) is 30.3 Å². The number of esters is 1. The highest BCUT2D eigenvalue weighted by atomic mass is 16.7. The molecule has 0 aliphatic heterocycles. The molecule has 0 saturated heterocycles. The molecule has 2 aromatic rings. The van der Waals surface area contributed by atoms with Gasteiger partial charge in [-0.2, -0.15) is 0 Å². The van der Waals surface area contributed by atoms with Gasteiger partial charge in [0, 0.05) is 0 Å². The van der Waals surface area contributed by atoms with Crippen LogP contribution >= 0.6 is 0 Å². The van der Waals surface area contributed by atoms with E-state index in [2.05, 4.69) is 4.74 Å². The molecule has 0 aromatic heterocycles. The molecule has 0 saturated carbocycles.